The number of pyridine rings is 1. The Kier molecular flexibility index (Phi) is 4.69. The summed E-state index contributed by atoms with van der Waals surface area (Å²) >= 11 is 5.38. The lowest BCUT2D eigenvalue weighted by molar-refractivity contribution is 0.721. The minimum Gasteiger partial charge on any atom is -0.356 e. The third kappa shape index (κ3) is 3.78. The van der Waals surface area contributed by atoms with Gasteiger partial charge in [-0.1, -0.05) is 12.1 Å². The summed E-state index contributed by atoms with van der Waals surface area (Å²) in [6, 6.07) is 10.4. The van der Waals surface area contributed by atoms with Gasteiger partial charge in [-0.3, -0.25) is 4.98 Å². The first kappa shape index (κ1) is 14.5. The SMILES string of the molecule is Cc1ccc(C)c(NC(=S)N[C@@H](C)c2ccncc2)c1. The number of thiocarbonyl (C=S) groups is 1. The Morgan fingerprint density at radius 3 is 2.55 bits per heavy atom. The van der Waals surface area contributed by atoms with Crippen LogP contribution in [0.15, 0.2) is 42.7 Å². The second kappa shape index (κ2) is 6.48. The lowest BCUT2D eigenvalue weighted by atomic mass is 10.1. The van der Waals surface area contributed by atoms with Crippen molar-refractivity contribution in [3.8, 4) is 0 Å². The molecule has 2 rings (SSSR count). The van der Waals surface area contributed by atoms with Gasteiger partial charge in [0.05, 0.1) is 6.04 Å². The summed E-state index contributed by atoms with van der Waals surface area (Å²) in [5.74, 6) is 0. The van der Waals surface area contributed by atoms with E-state index < -0.39 is 0 Å². The van der Waals surface area contributed by atoms with Crippen LogP contribution < -0.4 is 10.6 Å². The van der Waals surface area contributed by atoms with Gasteiger partial charge in [0.2, 0.25) is 0 Å². The van der Waals surface area contributed by atoms with Gasteiger partial charge in [-0.2, -0.15) is 0 Å². The smallest absolute Gasteiger partial charge is 0.171 e. The second-order valence-corrected chi connectivity index (χ2v) is 5.33. The van der Waals surface area contributed by atoms with E-state index in [2.05, 4.69) is 54.6 Å². The highest BCUT2D eigenvalue weighted by Gasteiger charge is 2.07. The number of anilines is 1. The molecule has 0 saturated carbocycles. The maximum atomic E-state index is 5.38. The van der Waals surface area contributed by atoms with Crippen LogP contribution in [-0.2, 0) is 0 Å². The van der Waals surface area contributed by atoms with E-state index in [4.69, 9.17) is 12.2 Å². The van der Waals surface area contributed by atoms with Crippen LogP contribution in [-0.4, -0.2) is 10.1 Å². The molecule has 0 aliphatic heterocycles. The minimum absolute atomic E-state index is 0.142. The molecule has 3 nitrogen and oxygen atoms in total. The molecule has 4 heteroatoms. The van der Waals surface area contributed by atoms with Gasteiger partial charge in [-0.05, 0) is 67.9 Å². The zero-order valence-corrected chi connectivity index (χ0v) is 12.8. The number of nitrogens with one attached hydrogen (secondary N) is 2. The lowest BCUT2D eigenvalue weighted by Gasteiger charge is -2.18. The third-order valence-electron chi connectivity index (χ3n) is 3.19. The van der Waals surface area contributed by atoms with Gasteiger partial charge in [-0.15, -0.1) is 0 Å². The molecule has 1 heterocycles. The molecule has 104 valence electrons. The number of aromatic nitrogens is 1. The van der Waals surface area contributed by atoms with E-state index in [0.29, 0.717) is 5.11 Å². The number of rotatable bonds is 3. The van der Waals surface area contributed by atoms with Crippen LogP contribution in [0.25, 0.3) is 0 Å². The van der Waals surface area contributed by atoms with Gasteiger partial charge in [0.1, 0.15) is 0 Å². The van der Waals surface area contributed by atoms with Crippen molar-refractivity contribution in [1.82, 2.24) is 10.3 Å². The van der Waals surface area contributed by atoms with E-state index in [1.54, 1.807) is 12.4 Å². The summed E-state index contributed by atoms with van der Waals surface area (Å²) in [7, 11) is 0. The molecule has 2 N–H and O–H groups in total. The van der Waals surface area contributed by atoms with E-state index in [9.17, 15) is 0 Å². The predicted octanol–water partition coefficient (Wildman–Crippen LogP) is 3.75. The molecule has 1 aromatic carbocycles. The summed E-state index contributed by atoms with van der Waals surface area (Å²) in [6.07, 6.45) is 3.57. The lowest BCUT2D eigenvalue weighted by Crippen LogP contribution is -2.31. The van der Waals surface area contributed by atoms with Gasteiger partial charge in [0.25, 0.3) is 0 Å². The first-order valence-electron chi connectivity index (χ1n) is 6.61. The molecule has 1 aromatic heterocycles. The number of benzene rings is 1. The Hall–Kier alpha value is -1.94. The number of hydrogen-bond donors (Lipinski definition) is 2. The third-order valence-corrected chi connectivity index (χ3v) is 3.41. The maximum absolute atomic E-state index is 5.38. The molecule has 0 radical (unpaired) electrons. The normalized spacial score (nSPS) is 11.8. The quantitative estimate of drug-likeness (QED) is 0.842. The fraction of sp³-hybridized carbons (Fsp3) is 0.250. The largest absolute Gasteiger partial charge is 0.356 e. The van der Waals surface area contributed by atoms with Crippen LogP contribution in [0.2, 0.25) is 0 Å². The molecule has 0 spiro atoms. The number of hydrogen-bond acceptors (Lipinski definition) is 2. The topological polar surface area (TPSA) is 37.0 Å². The fourth-order valence-corrected chi connectivity index (χ4v) is 2.25. The van der Waals surface area contributed by atoms with Crippen molar-refractivity contribution in [2.75, 3.05) is 5.32 Å². The second-order valence-electron chi connectivity index (χ2n) is 4.92. The van der Waals surface area contributed by atoms with Crippen LogP contribution in [0.3, 0.4) is 0 Å². The Bertz CT molecular complexity index is 596. The minimum atomic E-state index is 0.142. The highest BCUT2D eigenvalue weighted by atomic mass is 32.1. The van der Waals surface area contributed by atoms with Crippen molar-refractivity contribution in [3.63, 3.8) is 0 Å². The van der Waals surface area contributed by atoms with Gasteiger partial charge >= 0.3 is 0 Å². The monoisotopic (exact) mass is 285 g/mol. The highest BCUT2D eigenvalue weighted by molar-refractivity contribution is 7.80. The zero-order chi connectivity index (χ0) is 14.5. The standard InChI is InChI=1S/C16H19N3S/c1-11-4-5-12(2)15(10-11)19-16(20)18-13(3)14-6-8-17-9-7-14/h4-10,13H,1-3H3,(H2,18,19,20)/t13-/m0/s1. The fourth-order valence-electron chi connectivity index (χ4n) is 1.96. The number of nitrogens with zero attached hydrogens (tertiary/aromatic N) is 1. The Balaban J connectivity index is 2.01. The summed E-state index contributed by atoms with van der Waals surface area (Å²) in [5.41, 5.74) is 4.59. The van der Waals surface area contributed by atoms with E-state index in [0.717, 1.165) is 11.3 Å². The summed E-state index contributed by atoms with van der Waals surface area (Å²) in [6.45, 7) is 6.21. The molecular weight excluding hydrogens is 266 g/mol. The van der Waals surface area contributed by atoms with Gasteiger partial charge in [-0.25, -0.2) is 0 Å². The summed E-state index contributed by atoms with van der Waals surface area (Å²) < 4.78 is 0. The molecule has 0 aliphatic carbocycles. The highest BCUT2D eigenvalue weighted by Crippen LogP contribution is 2.17. The van der Waals surface area contributed by atoms with Crippen molar-refractivity contribution >= 4 is 23.0 Å². The van der Waals surface area contributed by atoms with Crippen molar-refractivity contribution < 1.29 is 0 Å². The Morgan fingerprint density at radius 2 is 1.85 bits per heavy atom. The van der Waals surface area contributed by atoms with E-state index in [-0.39, 0.29) is 6.04 Å². The Labute approximate surface area is 125 Å². The van der Waals surface area contributed by atoms with Gasteiger partial charge in [0, 0.05) is 18.1 Å². The zero-order valence-electron chi connectivity index (χ0n) is 12.0. The van der Waals surface area contributed by atoms with Crippen molar-refractivity contribution in [2.45, 2.75) is 26.8 Å². The average molecular weight is 285 g/mol. The van der Waals surface area contributed by atoms with E-state index >= 15 is 0 Å². The predicted molar refractivity (Wildman–Crippen MR) is 87.9 cm³/mol. The van der Waals surface area contributed by atoms with Gasteiger partial charge in [0.15, 0.2) is 5.11 Å². The molecular formula is C16H19N3S. The molecule has 0 unspecified atom stereocenters. The van der Waals surface area contributed by atoms with Crippen LogP contribution in [0.4, 0.5) is 5.69 Å². The van der Waals surface area contributed by atoms with Crippen molar-refractivity contribution in [1.29, 1.82) is 0 Å². The van der Waals surface area contributed by atoms with Gasteiger partial charge < -0.3 is 10.6 Å². The molecule has 0 bridgehead atoms. The van der Waals surface area contributed by atoms with Crippen LogP contribution in [0, 0.1) is 13.8 Å². The van der Waals surface area contributed by atoms with Crippen LogP contribution >= 0.6 is 12.2 Å². The first-order valence-corrected chi connectivity index (χ1v) is 7.02. The van der Waals surface area contributed by atoms with Crippen molar-refractivity contribution in [2.24, 2.45) is 0 Å². The average Bonchev–Trinajstić information content (AvgIpc) is 2.43. The summed E-state index contributed by atoms with van der Waals surface area (Å²) in [5, 5.41) is 7.17. The Morgan fingerprint density at radius 1 is 1.15 bits per heavy atom. The first-order chi connectivity index (χ1) is 9.56. The van der Waals surface area contributed by atoms with Crippen molar-refractivity contribution in [3.05, 3.63) is 59.4 Å². The molecule has 0 fully saturated rings. The summed E-state index contributed by atoms with van der Waals surface area (Å²) in [4.78, 5) is 4.02. The molecule has 1 atom stereocenters. The maximum Gasteiger partial charge on any atom is 0.171 e. The van der Waals surface area contributed by atoms with Crippen LogP contribution in [0.1, 0.15) is 29.7 Å². The molecule has 2 aromatic rings. The number of aryl methyl sites for hydroxylation is 2. The van der Waals surface area contributed by atoms with E-state index in [1.807, 2.05) is 12.1 Å². The molecule has 0 saturated heterocycles. The van der Waals surface area contributed by atoms with E-state index in [1.165, 1.54) is 11.1 Å². The molecule has 0 aliphatic rings. The molecule has 20 heavy (non-hydrogen) atoms. The van der Waals surface area contributed by atoms with Crippen LogP contribution in [0.5, 0.6) is 0 Å². The molecule has 0 amide bonds.